The van der Waals surface area contributed by atoms with Gasteiger partial charge in [0.2, 0.25) is 0 Å². The summed E-state index contributed by atoms with van der Waals surface area (Å²) in [6.45, 7) is 5.90. The van der Waals surface area contributed by atoms with Gasteiger partial charge in [-0.05, 0) is 28.5 Å². The maximum Gasteiger partial charge on any atom is 0.316 e. The number of fused-ring (bicyclic) bond motifs is 1. The van der Waals surface area contributed by atoms with Crippen LogP contribution in [-0.2, 0) is 19.7 Å². The highest BCUT2D eigenvalue weighted by molar-refractivity contribution is 8.00. The van der Waals surface area contributed by atoms with Gasteiger partial charge in [-0.3, -0.25) is 9.59 Å². The minimum absolute atomic E-state index is 0.0772. The van der Waals surface area contributed by atoms with Crippen LogP contribution in [0.15, 0.2) is 47.1 Å². The molecule has 3 rings (SSSR count). The number of thioether (sulfide) groups is 1. The summed E-state index contributed by atoms with van der Waals surface area (Å²) in [7, 11) is 0. The van der Waals surface area contributed by atoms with Gasteiger partial charge in [-0.2, -0.15) is 0 Å². The van der Waals surface area contributed by atoms with E-state index in [4.69, 9.17) is 4.74 Å². The number of hydrogen-bond donors (Lipinski definition) is 1. The second-order valence-corrected chi connectivity index (χ2v) is 8.97. The Morgan fingerprint density at radius 2 is 1.96 bits per heavy atom. The molecule has 8 heteroatoms. The average molecular weight is 416 g/mol. The number of carbonyl (C=O) groups excluding carboxylic acids is 2. The van der Waals surface area contributed by atoms with Crippen molar-refractivity contribution >= 4 is 50.9 Å². The highest BCUT2D eigenvalue weighted by Crippen LogP contribution is 2.29. The predicted molar refractivity (Wildman–Crippen MR) is 113 cm³/mol. The van der Waals surface area contributed by atoms with Crippen LogP contribution in [0.2, 0.25) is 0 Å². The van der Waals surface area contributed by atoms with E-state index in [1.54, 1.807) is 0 Å². The zero-order valence-corrected chi connectivity index (χ0v) is 17.5. The van der Waals surface area contributed by atoms with Gasteiger partial charge in [-0.1, -0.05) is 50.7 Å². The Bertz CT molecular complexity index is 996. The van der Waals surface area contributed by atoms with Gasteiger partial charge < -0.3 is 10.1 Å². The van der Waals surface area contributed by atoms with Gasteiger partial charge in [0, 0.05) is 11.1 Å². The predicted octanol–water partition coefficient (Wildman–Crippen LogP) is 4.26. The molecular formula is C20H21N3O3S2. The second kappa shape index (κ2) is 8.70. The molecule has 1 amide bonds. The van der Waals surface area contributed by atoms with E-state index >= 15 is 0 Å². The number of nitrogens with zero attached hydrogens (tertiary/aromatic N) is 2. The molecule has 1 aromatic carbocycles. The smallest absolute Gasteiger partial charge is 0.316 e. The van der Waals surface area contributed by atoms with Crippen molar-refractivity contribution in [1.82, 2.24) is 9.97 Å². The zero-order chi connectivity index (χ0) is 20.1. The standard InChI is InChI=1S/C20H21N3O3S2/c1-20(2,3)14-6-4-5-7-15(14)23-16(24)10-26-17(25)11-28-19-13-8-9-27-18(13)21-12-22-19/h4-9,12H,10-11H2,1-3H3,(H,23,24). The number of amides is 1. The van der Waals surface area contributed by atoms with Crippen LogP contribution in [0.4, 0.5) is 5.69 Å². The van der Waals surface area contributed by atoms with E-state index in [0.717, 1.165) is 26.5 Å². The number of thiophene rings is 1. The number of ether oxygens (including phenoxy) is 1. The van der Waals surface area contributed by atoms with E-state index in [-0.39, 0.29) is 23.7 Å². The molecule has 146 valence electrons. The van der Waals surface area contributed by atoms with Gasteiger partial charge >= 0.3 is 5.97 Å². The van der Waals surface area contributed by atoms with Crippen LogP contribution in [0.3, 0.4) is 0 Å². The largest absolute Gasteiger partial charge is 0.455 e. The van der Waals surface area contributed by atoms with Crippen LogP contribution in [-0.4, -0.2) is 34.2 Å². The molecule has 0 spiro atoms. The summed E-state index contributed by atoms with van der Waals surface area (Å²) in [5.41, 5.74) is 1.64. The van der Waals surface area contributed by atoms with Crippen molar-refractivity contribution in [2.24, 2.45) is 0 Å². The quantitative estimate of drug-likeness (QED) is 0.368. The first-order chi connectivity index (χ1) is 13.3. The highest BCUT2D eigenvalue weighted by atomic mass is 32.2. The first-order valence-electron chi connectivity index (χ1n) is 8.70. The number of benzene rings is 1. The molecule has 2 aromatic heterocycles. The fourth-order valence-electron chi connectivity index (χ4n) is 2.63. The van der Waals surface area contributed by atoms with Crippen LogP contribution in [0.1, 0.15) is 26.3 Å². The number of esters is 1. The van der Waals surface area contributed by atoms with Gasteiger partial charge in [-0.25, -0.2) is 9.97 Å². The van der Waals surface area contributed by atoms with Crippen LogP contribution < -0.4 is 5.32 Å². The van der Waals surface area contributed by atoms with Crippen molar-refractivity contribution in [3.8, 4) is 0 Å². The Morgan fingerprint density at radius 1 is 1.18 bits per heavy atom. The van der Waals surface area contributed by atoms with Gasteiger partial charge in [-0.15, -0.1) is 11.3 Å². The molecule has 28 heavy (non-hydrogen) atoms. The van der Waals surface area contributed by atoms with E-state index in [1.165, 1.54) is 29.4 Å². The normalized spacial score (nSPS) is 11.4. The summed E-state index contributed by atoms with van der Waals surface area (Å²) >= 11 is 2.79. The molecule has 0 aliphatic heterocycles. The van der Waals surface area contributed by atoms with Crippen molar-refractivity contribution in [2.45, 2.75) is 31.2 Å². The number of carbonyl (C=O) groups is 2. The van der Waals surface area contributed by atoms with E-state index in [0.29, 0.717) is 0 Å². The SMILES string of the molecule is CC(C)(C)c1ccccc1NC(=O)COC(=O)CSc1ncnc2sccc12. The van der Waals surface area contributed by atoms with Crippen LogP contribution in [0.5, 0.6) is 0 Å². The van der Waals surface area contributed by atoms with Crippen LogP contribution >= 0.6 is 23.1 Å². The molecule has 2 heterocycles. The molecule has 0 saturated heterocycles. The number of nitrogens with one attached hydrogen (secondary N) is 1. The van der Waals surface area contributed by atoms with Crippen molar-refractivity contribution in [1.29, 1.82) is 0 Å². The van der Waals surface area contributed by atoms with E-state index in [2.05, 4.69) is 36.1 Å². The lowest BCUT2D eigenvalue weighted by Crippen LogP contribution is -2.24. The van der Waals surface area contributed by atoms with Gasteiger partial charge in [0.15, 0.2) is 6.61 Å². The second-order valence-electron chi connectivity index (χ2n) is 7.11. The summed E-state index contributed by atoms with van der Waals surface area (Å²) < 4.78 is 5.10. The van der Waals surface area contributed by atoms with Crippen LogP contribution in [0, 0.1) is 0 Å². The molecule has 1 N–H and O–H groups in total. The number of para-hydroxylation sites is 1. The topological polar surface area (TPSA) is 81.2 Å². The minimum atomic E-state index is -0.466. The van der Waals surface area contributed by atoms with Gasteiger partial charge in [0.1, 0.15) is 16.2 Å². The molecule has 0 saturated carbocycles. The Balaban J connectivity index is 1.51. The van der Waals surface area contributed by atoms with Crippen molar-refractivity contribution < 1.29 is 14.3 Å². The third-order valence-electron chi connectivity index (χ3n) is 3.93. The van der Waals surface area contributed by atoms with E-state index in [9.17, 15) is 9.59 Å². The highest BCUT2D eigenvalue weighted by Gasteiger charge is 2.19. The molecule has 0 aliphatic rings. The zero-order valence-electron chi connectivity index (χ0n) is 15.9. The first-order valence-corrected chi connectivity index (χ1v) is 10.6. The van der Waals surface area contributed by atoms with Gasteiger partial charge in [0.25, 0.3) is 5.91 Å². The summed E-state index contributed by atoms with van der Waals surface area (Å²) in [4.78, 5) is 33.5. The maximum atomic E-state index is 12.2. The first kappa shape index (κ1) is 20.3. The van der Waals surface area contributed by atoms with Crippen molar-refractivity contribution in [2.75, 3.05) is 17.7 Å². The lowest BCUT2D eigenvalue weighted by Gasteiger charge is -2.22. The monoisotopic (exact) mass is 415 g/mol. The fraction of sp³-hybridized carbons (Fsp3) is 0.300. The number of aromatic nitrogens is 2. The minimum Gasteiger partial charge on any atom is -0.455 e. The van der Waals surface area contributed by atoms with Gasteiger partial charge in [0.05, 0.1) is 5.75 Å². The molecule has 0 aliphatic carbocycles. The Labute approximate surface area is 171 Å². The fourth-order valence-corrected chi connectivity index (χ4v) is 4.21. The van der Waals surface area contributed by atoms with Crippen molar-refractivity contribution in [3.05, 3.63) is 47.6 Å². The molecular weight excluding hydrogens is 394 g/mol. The molecule has 0 bridgehead atoms. The third-order valence-corrected chi connectivity index (χ3v) is 5.72. The summed E-state index contributed by atoms with van der Waals surface area (Å²) in [6, 6.07) is 9.54. The average Bonchev–Trinajstić information content (AvgIpc) is 3.13. The molecule has 3 aromatic rings. The lowest BCUT2D eigenvalue weighted by molar-refractivity contribution is -0.144. The molecule has 0 fully saturated rings. The number of rotatable bonds is 6. The summed E-state index contributed by atoms with van der Waals surface area (Å²) in [5, 5.41) is 6.40. The molecule has 6 nitrogen and oxygen atoms in total. The molecule has 0 atom stereocenters. The molecule has 0 radical (unpaired) electrons. The summed E-state index contributed by atoms with van der Waals surface area (Å²) in [6.07, 6.45) is 1.48. The Kier molecular flexibility index (Phi) is 6.31. The Hall–Kier alpha value is -2.45. The van der Waals surface area contributed by atoms with E-state index in [1.807, 2.05) is 35.7 Å². The van der Waals surface area contributed by atoms with Crippen molar-refractivity contribution in [3.63, 3.8) is 0 Å². The van der Waals surface area contributed by atoms with Crippen LogP contribution in [0.25, 0.3) is 10.2 Å². The number of anilines is 1. The molecule has 0 unspecified atom stereocenters. The Morgan fingerprint density at radius 3 is 2.75 bits per heavy atom. The number of hydrogen-bond acceptors (Lipinski definition) is 7. The lowest BCUT2D eigenvalue weighted by atomic mass is 9.86. The van der Waals surface area contributed by atoms with E-state index < -0.39 is 5.97 Å². The maximum absolute atomic E-state index is 12.2. The third kappa shape index (κ3) is 5.08. The summed E-state index contributed by atoms with van der Waals surface area (Å²) in [5.74, 6) is -0.753.